The molecule has 0 radical (unpaired) electrons. The van der Waals surface area contributed by atoms with Crippen LogP contribution in [0, 0.1) is 11.3 Å². The molecule has 15 heavy (non-hydrogen) atoms. The number of benzene rings is 1. The summed E-state index contributed by atoms with van der Waals surface area (Å²) in [6.45, 7) is 2.10. The second-order valence-electron chi connectivity index (χ2n) is 3.24. The lowest BCUT2D eigenvalue weighted by atomic mass is 10.1. The lowest BCUT2D eigenvalue weighted by molar-refractivity contribution is 0.353. The van der Waals surface area contributed by atoms with Crippen molar-refractivity contribution in [3.8, 4) is 17.6 Å². The van der Waals surface area contributed by atoms with Crippen molar-refractivity contribution in [3.63, 3.8) is 0 Å². The fraction of sp³-hybridized carbons (Fsp3) is 0.417. The first-order chi connectivity index (χ1) is 7.26. The predicted octanol–water partition coefficient (Wildman–Crippen LogP) is 2.53. The summed E-state index contributed by atoms with van der Waals surface area (Å²) in [5, 5.41) is 8.98. The average Bonchev–Trinajstić information content (AvgIpc) is 2.28. The summed E-state index contributed by atoms with van der Waals surface area (Å²) in [7, 11) is 3.12. The Morgan fingerprint density at radius 3 is 2.47 bits per heavy atom. The Balaban J connectivity index is 3.24. The van der Waals surface area contributed by atoms with E-state index in [1.54, 1.807) is 7.11 Å². The topological polar surface area (TPSA) is 42.2 Å². The minimum Gasteiger partial charge on any atom is -0.493 e. The number of nitriles is 1. The van der Waals surface area contributed by atoms with Crippen LogP contribution in [-0.4, -0.2) is 14.2 Å². The van der Waals surface area contributed by atoms with Gasteiger partial charge in [-0.1, -0.05) is 13.3 Å². The van der Waals surface area contributed by atoms with E-state index in [2.05, 4.69) is 13.0 Å². The monoisotopic (exact) mass is 205 g/mol. The van der Waals surface area contributed by atoms with Crippen LogP contribution in [-0.2, 0) is 6.42 Å². The fourth-order valence-corrected chi connectivity index (χ4v) is 1.54. The molecule has 0 bridgehead atoms. The highest BCUT2D eigenvalue weighted by Crippen LogP contribution is 2.32. The van der Waals surface area contributed by atoms with Crippen LogP contribution in [0.3, 0.4) is 0 Å². The molecule has 0 aliphatic carbocycles. The maximum atomic E-state index is 8.98. The van der Waals surface area contributed by atoms with E-state index in [-0.39, 0.29) is 0 Å². The fourth-order valence-electron chi connectivity index (χ4n) is 1.54. The van der Waals surface area contributed by atoms with Gasteiger partial charge < -0.3 is 9.47 Å². The summed E-state index contributed by atoms with van der Waals surface area (Å²) in [6, 6.07) is 5.89. The molecule has 0 N–H and O–H groups in total. The van der Waals surface area contributed by atoms with Gasteiger partial charge in [-0.3, -0.25) is 0 Å². The van der Waals surface area contributed by atoms with Gasteiger partial charge in [0.05, 0.1) is 19.8 Å². The van der Waals surface area contributed by atoms with Crippen molar-refractivity contribution in [2.24, 2.45) is 0 Å². The predicted molar refractivity (Wildman–Crippen MR) is 58.3 cm³/mol. The van der Waals surface area contributed by atoms with Gasteiger partial charge in [0, 0.05) is 0 Å². The molecule has 0 fully saturated rings. The van der Waals surface area contributed by atoms with Gasteiger partial charge in [0.1, 0.15) is 6.07 Å². The molecule has 0 unspecified atom stereocenters. The van der Waals surface area contributed by atoms with E-state index in [0.717, 1.165) is 18.4 Å². The van der Waals surface area contributed by atoms with Gasteiger partial charge in [-0.05, 0) is 24.1 Å². The first-order valence-corrected chi connectivity index (χ1v) is 4.91. The third kappa shape index (κ3) is 2.41. The van der Waals surface area contributed by atoms with E-state index in [1.165, 1.54) is 7.11 Å². The molecule has 0 heterocycles. The number of aryl methyl sites for hydroxylation is 1. The Bertz CT molecular complexity index is 380. The summed E-state index contributed by atoms with van der Waals surface area (Å²) in [5.74, 6) is 1.14. The van der Waals surface area contributed by atoms with Crippen molar-refractivity contribution in [3.05, 3.63) is 23.3 Å². The van der Waals surface area contributed by atoms with Crippen LogP contribution < -0.4 is 9.47 Å². The lowest BCUT2D eigenvalue weighted by Crippen LogP contribution is -1.96. The number of nitrogens with zero attached hydrogens (tertiary/aromatic N) is 1. The number of rotatable bonds is 4. The van der Waals surface area contributed by atoms with E-state index in [1.807, 2.05) is 12.1 Å². The van der Waals surface area contributed by atoms with Gasteiger partial charge in [0.25, 0.3) is 0 Å². The SMILES string of the molecule is CCCc1cc(C#N)c(OC)c(OC)c1. The molecule has 0 aliphatic rings. The lowest BCUT2D eigenvalue weighted by Gasteiger charge is -2.11. The van der Waals surface area contributed by atoms with E-state index < -0.39 is 0 Å². The van der Waals surface area contributed by atoms with Crippen LogP contribution in [0.5, 0.6) is 11.5 Å². The normalized spacial score (nSPS) is 9.47. The second-order valence-corrected chi connectivity index (χ2v) is 3.24. The molecule has 0 amide bonds. The summed E-state index contributed by atoms with van der Waals surface area (Å²) in [4.78, 5) is 0. The summed E-state index contributed by atoms with van der Waals surface area (Å²) < 4.78 is 10.3. The number of hydrogen-bond donors (Lipinski definition) is 0. The van der Waals surface area contributed by atoms with E-state index in [0.29, 0.717) is 17.1 Å². The number of ether oxygens (including phenoxy) is 2. The molecule has 3 heteroatoms. The number of hydrogen-bond acceptors (Lipinski definition) is 3. The molecule has 0 saturated heterocycles. The minimum atomic E-state index is 0.514. The molecule has 1 aromatic carbocycles. The second kappa shape index (κ2) is 5.26. The van der Waals surface area contributed by atoms with Crippen molar-refractivity contribution in [1.29, 1.82) is 5.26 Å². The molecule has 0 spiro atoms. The first-order valence-electron chi connectivity index (χ1n) is 4.91. The molecule has 0 saturated carbocycles. The zero-order valence-corrected chi connectivity index (χ0v) is 9.33. The maximum Gasteiger partial charge on any atom is 0.178 e. The maximum absolute atomic E-state index is 8.98. The Labute approximate surface area is 90.2 Å². The zero-order valence-electron chi connectivity index (χ0n) is 9.33. The van der Waals surface area contributed by atoms with Crippen LogP contribution in [0.1, 0.15) is 24.5 Å². The van der Waals surface area contributed by atoms with E-state index in [9.17, 15) is 0 Å². The summed E-state index contributed by atoms with van der Waals surface area (Å²) in [6.07, 6.45) is 1.98. The van der Waals surface area contributed by atoms with Crippen molar-refractivity contribution < 1.29 is 9.47 Å². The van der Waals surface area contributed by atoms with Crippen LogP contribution in [0.15, 0.2) is 12.1 Å². The highest BCUT2D eigenvalue weighted by Gasteiger charge is 2.11. The standard InChI is InChI=1S/C12H15NO2/c1-4-5-9-6-10(8-13)12(15-3)11(7-9)14-2/h6-7H,4-5H2,1-3H3. The van der Waals surface area contributed by atoms with Gasteiger partial charge in [0.15, 0.2) is 11.5 Å². The molecule has 0 aliphatic heterocycles. The van der Waals surface area contributed by atoms with Crippen LogP contribution in [0.4, 0.5) is 0 Å². The molecule has 1 aromatic rings. The Morgan fingerprint density at radius 2 is 2.00 bits per heavy atom. The molecule has 1 rings (SSSR count). The quantitative estimate of drug-likeness (QED) is 0.758. The van der Waals surface area contributed by atoms with Crippen molar-refractivity contribution in [2.75, 3.05) is 14.2 Å². The van der Waals surface area contributed by atoms with Gasteiger partial charge in [-0.25, -0.2) is 0 Å². The highest BCUT2D eigenvalue weighted by molar-refractivity contribution is 5.54. The molecular weight excluding hydrogens is 190 g/mol. The Morgan fingerprint density at radius 1 is 1.27 bits per heavy atom. The third-order valence-corrected chi connectivity index (χ3v) is 2.20. The smallest absolute Gasteiger partial charge is 0.178 e. The molecule has 80 valence electrons. The van der Waals surface area contributed by atoms with Crippen molar-refractivity contribution >= 4 is 0 Å². The molecule has 0 atom stereocenters. The zero-order chi connectivity index (χ0) is 11.3. The van der Waals surface area contributed by atoms with Crippen LogP contribution in [0.25, 0.3) is 0 Å². The summed E-state index contributed by atoms with van der Waals surface area (Å²) >= 11 is 0. The third-order valence-electron chi connectivity index (χ3n) is 2.20. The largest absolute Gasteiger partial charge is 0.493 e. The van der Waals surface area contributed by atoms with Crippen LogP contribution in [0.2, 0.25) is 0 Å². The Hall–Kier alpha value is -1.69. The molecule has 3 nitrogen and oxygen atoms in total. The van der Waals surface area contributed by atoms with Crippen molar-refractivity contribution in [2.45, 2.75) is 19.8 Å². The van der Waals surface area contributed by atoms with Gasteiger partial charge >= 0.3 is 0 Å². The van der Waals surface area contributed by atoms with Crippen LogP contribution >= 0.6 is 0 Å². The van der Waals surface area contributed by atoms with Gasteiger partial charge in [0.2, 0.25) is 0 Å². The first kappa shape index (κ1) is 11.4. The highest BCUT2D eigenvalue weighted by atomic mass is 16.5. The molecule has 0 aromatic heterocycles. The molecular formula is C12H15NO2. The van der Waals surface area contributed by atoms with Gasteiger partial charge in [-0.15, -0.1) is 0 Å². The van der Waals surface area contributed by atoms with Crippen molar-refractivity contribution in [1.82, 2.24) is 0 Å². The summed E-state index contributed by atoms with van der Waals surface area (Å²) in [5.41, 5.74) is 1.63. The number of methoxy groups -OCH3 is 2. The Kier molecular flexibility index (Phi) is 3.99. The minimum absolute atomic E-state index is 0.514. The average molecular weight is 205 g/mol. The van der Waals surface area contributed by atoms with Gasteiger partial charge in [-0.2, -0.15) is 5.26 Å². The van der Waals surface area contributed by atoms with E-state index in [4.69, 9.17) is 14.7 Å². The van der Waals surface area contributed by atoms with E-state index >= 15 is 0 Å².